The van der Waals surface area contributed by atoms with Gasteiger partial charge < -0.3 is 0 Å². The van der Waals surface area contributed by atoms with Crippen molar-refractivity contribution >= 4 is 15.8 Å². The minimum absolute atomic E-state index is 0.0621. The maximum absolute atomic E-state index is 14.1. The Morgan fingerprint density at radius 2 is 1.89 bits per heavy atom. The predicted octanol–water partition coefficient (Wildman–Crippen LogP) is 2.10. The lowest BCUT2D eigenvalue weighted by atomic mass is 10.0. The number of halogens is 2. The lowest BCUT2D eigenvalue weighted by Gasteiger charge is -2.11. The van der Waals surface area contributed by atoms with Crippen molar-refractivity contribution in [2.45, 2.75) is 25.7 Å². The average Bonchev–Trinajstić information content (AvgIpc) is 2.27. The van der Waals surface area contributed by atoms with E-state index in [2.05, 4.69) is 4.72 Å². The van der Waals surface area contributed by atoms with Crippen molar-refractivity contribution in [3.63, 3.8) is 0 Å². The second-order valence-electron chi connectivity index (χ2n) is 4.25. The van der Waals surface area contributed by atoms with Crippen LogP contribution in [0.15, 0.2) is 17.0 Å². The molecule has 1 rings (SSSR count). The highest BCUT2D eigenvalue weighted by atomic mass is 32.2. The van der Waals surface area contributed by atoms with Gasteiger partial charge in [-0.15, -0.1) is 0 Å². The first-order chi connectivity index (χ1) is 8.72. The molecular weight excluding hydrogens is 276 g/mol. The maximum atomic E-state index is 14.1. The summed E-state index contributed by atoms with van der Waals surface area (Å²) in [5, 5.41) is 0. The summed E-state index contributed by atoms with van der Waals surface area (Å²) in [4.78, 5) is 11.0. The summed E-state index contributed by atoms with van der Waals surface area (Å²) < 4.78 is 53.2. The molecule has 0 amide bonds. The van der Waals surface area contributed by atoms with Gasteiger partial charge in [0.2, 0.25) is 10.0 Å². The molecule has 0 spiro atoms. The molecule has 0 aliphatic heterocycles. The van der Waals surface area contributed by atoms with Crippen molar-refractivity contribution in [2.24, 2.45) is 5.92 Å². The number of benzene rings is 1. The molecule has 0 aromatic heterocycles. The summed E-state index contributed by atoms with van der Waals surface area (Å²) in [7, 11) is -4.08. The monoisotopic (exact) mass is 291 g/mol. The molecule has 106 valence electrons. The molecule has 0 unspecified atom stereocenters. The largest absolute Gasteiger partial charge is 0.294 e. The van der Waals surface area contributed by atoms with Gasteiger partial charge in [0, 0.05) is 12.5 Å². The van der Waals surface area contributed by atoms with Crippen LogP contribution in [0.4, 0.5) is 8.78 Å². The van der Waals surface area contributed by atoms with Gasteiger partial charge in [0.05, 0.1) is 5.56 Å². The Balaban J connectivity index is 3.49. The molecule has 0 fully saturated rings. The Hall–Kier alpha value is -1.34. The van der Waals surface area contributed by atoms with Gasteiger partial charge in [-0.25, -0.2) is 21.9 Å². The third-order valence-electron chi connectivity index (χ3n) is 2.45. The summed E-state index contributed by atoms with van der Waals surface area (Å²) in [5.41, 5.74) is -0.811. The molecule has 0 saturated heterocycles. The summed E-state index contributed by atoms with van der Waals surface area (Å²) in [5.74, 6) is -3.82. The second-order valence-corrected chi connectivity index (χ2v) is 5.99. The van der Waals surface area contributed by atoms with E-state index in [9.17, 15) is 22.0 Å². The number of ketones is 1. The van der Waals surface area contributed by atoms with E-state index in [1.807, 2.05) is 0 Å². The second kappa shape index (κ2) is 5.75. The highest BCUT2D eigenvalue weighted by Crippen LogP contribution is 2.23. The van der Waals surface area contributed by atoms with Crippen LogP contribution in [0.1, 0.15) is 31.1 Å². The van der Waals surface area contributed by atoms with Gasteiger partial charge in [0.1, 0.15) is 10.7 Å². The molecule has 0 heterocycles. The van der Waals surface area contributed by atoms with Crippen LogP contribution in [0.3, 0.4) is 0 Å². The highest BCUT2D eigenvalue weighted by Gasteiger charge is 2.27. The molecule has 1 aromatic rings. The molecule has 1 N–H and O–H groups in total. The zero-order valence-corrected chi connectivity index (χ0v) is 11.6. The van der Waals surface area contributed by atoms with Crippen LogP contribution in [0, 0.1) is 17.6 Å². The Kier molecular flexibility index (Phi) is 4.75. The lowest BCUT2D eigenvalue weighted by Crippen LogP contribution is -2.25. The van der Waals surface area contributed by atoms with E-state index < -0.39 is 43.8 Å². The maximum Gasteiger partial charge on any atom is 0.243 e. The van der Waals surface area contributed by atoms with Gasteiger partial charge in [0.25, 0.3) is 0 Å². The molecule has 0 saturated carbocycles. The van der Waals surface area contributed by atoms with Gasteiger partial charge in [-0.05, 0) is 12.1 Å². The highest BCUT2D eigenvalue weighted by molar-refractivity contribution is 7.89. The van der Waals surface area contributed by atoms with Crippen LogP contribution < -0.4 is 4.72 Å². The molecular formula is C12H15F2NO3S. The normalized spacial score (nSPS) is 11.9. The fourth-order valence-electron chi connectivity index (χ4n) is 1.52. The number of carbonyl (C=O) groups is 1. The van der Waals surface area contributed by atoms with Crippen LogP contribution in [0.2, 0.25) is 0 Å². The molecule has 0 atom stereocenters. The third-order valence-corrected chi connectivity index (χ3v) is 4.01. The van der Waals surface area contributed by atoms with E-state index in [4.69, 9.17) is 0 Å². The lowest BCUT2D eigenvalue weighted by molar-refractivity contribution is 0.0930. The fraction of sp³-hybridized carbons (Fsp3) is 0.417. The Bertz CT molecular complexity index is 597. The number of hydrogen-bond donors (Lipinski definition) is 1. The average molecular weight is 291 g/mol. The molecule has 1 aromatic carbocycles. The van der Waals surface area contributed by atoms with Crippen LogP contribution in [0.5, 0.6) is 0 Å². The van der Waals surface area contributed by atoms with Crippen LogP contribution in [0.25, 0.3) is 0 Å². The van der Waals surface area contributed by atoms with Crippen molar-refractivity contribution in [1.82, 2.24) is 4.72 Å². The summed E-state index contributed by atoms with van der Waals surface area (Å²) in [6, 6.07) is 1.59. The van der Waals surface area contributed by atoms with Crippen LogP contribution >= 0.6 is 0 Å². The number of nitrogens with one attached hydrogen (secondary N) is 1. The molecule has 19 heavy (non-hydrogen) atoms. The standard InChI is InChI=1S/C12H15F2NO3S/c1-4-15-19(17,18)9-6-5-8(13)10(11(9)14)12(16)7(2)3/h5-7,15H,4H2,1-3H3. The van der Waals surface area contributed by atoms with Gasteiger partial charge in [-0.2, -0.15) is 0 Å². The Labute approximate surface area is 110 Å². The summed E-state index contributed by atoms with van der Waals surface area (Å²) >= 11 is 0. The van der Waals surface area contributed by atoms with E-state index >= 15 is 0 Å². The minimum Gasteiger partial charge on any atom is -0.294 e. The minimum atomic E-state index is -4.08. The summed E-state index contributed by atoms with van der Waals surface area (Å²) in [6.07, 6.45) is 0. The van der Waals surface area contributed by atoms with Crippen LogP contribution in [-0.4, -0.2) is 20.7 Å². The number of Topliss-reactive ketones (excluding diaryl/α,β-unsaturated/α-hetero) is 1. The topological polar surface area (TPSA) is 63.2 Å². The van der Waals surface area contributed by atoms with Crippen molar-refractivity contribution in [3.8, 4) is 0 Å². The fourth-order valence-corrected chi connectivity index (χ4v) is 2.64. The number of rotatable bonds is 5. The molecule has 4 nitrogen and oxygen atoms in total. The van der Waals surface area contributed by atoms with E-state index in [1.165, 1.54) is 20.8 Å². The summed E-state index contributed by atoms with van der Waals surface area (Å²) in [6.45, 7) is 4.55. The van der Waals surface area contributed by atoms with E-state index in [0.29, 0.717) is 0 Å². The number of hydrogen-bond acceptors (Lipinski definition) is 3. The zero-order valence-electron chi connectivity index (χ0n) is 10.8. The number of sulfonamides is 1. The van der Waals surface area contributed by atoms with E-state index in [0.717, 1.165) is 12.1 Å². The first kappa shape index (κ1) is 15.7. The van der Waals surface area contributed by atoms with Gasteiger partial charge in [-0.3, -0.25) is 4.79 Å². The molecule has 7 heteroatoms. The van der Waals surface area contributed by atoms with E-state index in [-0.39, 0.29) is 6.54 Å². The van der Waals surface area contributed by atoms with Crippen molar-refractivity contribution in [2.75, 3.05) is 6.54 Å². The van der Waals surface area contributed by atoms with E-state index in [1.54, 1.807) is 0 Å². The Morgan fingerprint density at radius 1 is 1.32 bits per heavy atom. The SMILES string of the molecule is CCNS(=O)(=O)c1ccc(F)c(C(=O)C(C)C)c1F. The zero-order chi connectivity index (χ0) is 14.8. The van der Waals surface area contributed by atoms with Crippen LogP contribution in [-0.2, 0) is 10.0 Å². The molecule has 0 bridgehead atoms. The van der Waals surface area contributed by atoms with Gasteiger partial charge in [0.15, 0.2) is 11.6 Å². The first-order valence-electron chi connectivity index (χ1n) is 5.74. The molecule has 0 aliphatic carbocycles. The molecule has 0 radical (unpaired) electrons. The smallest absolute Gasteiger partial charge is 0.243 e. The Morgan fingerprint density at radius 3 is 2.37 bits per heavy atom. The van der Waals surface area contributed by atoms with Crippen molar-refractivity contribution in [3.05, 3.63) is 29.3 Å². The number of carbonyl (C=O) groups excluding carboxylic acids is 1. The van der Waals surface area contributed by atoms with Crippen molar-refractivity contribution < 1.29 is 22.0 Å². The van der Waals surface area contributed by atoms with Crippen molar-refractivity contribution in [1.29, 1.82) is 0 Å². The first-order valence-corrected chi connectivity index (χ1v) is 7.22. The third kappa shape index (κ3) is 3.16. The quantitative estimate of drug-likeness (QED) is 0.845. The predicted molar refractivity (Wildman–Crippen MR) is 66.4 cm³/mol. The van der Waals surface area contributed by atoms with Gasteiger partial charge >= 0.3 is 0 Å². The van der Waals surface area contributed by atoms with Gasteiger partial charge in [-0.1, -0.05) is 20.8 Å². The molecule has 0 aliphatic rings.